The summed E-state index contributed by atoms with van der Waals surface area (Å²) in [4.78, 5) is 31.3. The average Bonchev–Trinajstić information content (AvgIpc) is 3.64. The SMILES string of the molecule is C[C@H]1[C@H]([Si](C)(C)F)[C@@H](CCn2cc(CCO)nn2)O[C@]12C(=O)N(Cc1cccc(N3CCCCCCC3=O)c1)c1ccccc12. The lowest BCUT2D eigenvalue weighted by Crippen LogP contribution is -2.45. The van der Waals surface area contributed by atoms with Crippen LogP contribution in [0.3, 0.4) is 0 Å². The van der Waals surface area contributed by atoms with E-state index in [2.05, 4.69) is 10.3 Å². The van der Waals surface area contributed by atoms with Crippen LogP contribution in [0.5, 0.6) is 0 Å². The number of carbonyl (C=O) groups excluding carboxylic acids is 2. The standard InChI is InChI=1S/C34H44FN5O4Si/c1-24-32(45(2,3)35)30(16-19-38-23-26(17-20-41)36-37-38)44-34(24)28-13-7-8-14-29(28)40(33(34)43)22-25-11-10-12-27(21-25)39-18-9-5-4-6-15-31(39)42/h7-8,10-14,21,23-24,30,32,41H,4-6,9,15-20,22H2,1-3H3/t24-,30+,32-,34+/m0/s1. The van der Waals surface area contributed by atoms with Crippen molar-refractivity contribution in [3.05, 3.63) is 71.5 Å². The Labute approximate surface area is 265 Å². The lowest BCUT2D eigenvalue weighted by Gasteiger charge is -2.31. The molecule has 0 unspecified atom stereocenters. The number of anilines is 2. The molecule has 0 aliphatic carbocycles. The Morgan fingerprint density at radius 1 is 1.09 bits per heavy atom. The third-order valence-electron chi connectivity index (χ3n) is 9.85. The summed E-state index contributed by atoms with van der Waals surface area (Å²) in [7, 11) is -3.29. The van der Waals surface area contributed by atoms with Gasteiger partial charge in [0.15, 0.2) is 5.60 Å². The summed E-state index contributed by atoms with van der Waals surface area (Å²) in [6.07, 6.45) is 6.88. The molecule has 1 spiro atoms. The second-order valence-electron chi connectivity index (χ2n) is 13.3. The first-order chi connectivity index (χ1) is 21.6. The van der Waals surface area contributed by atoms with Crippen LogP contribution in [-0.4, -0.2) is 59.6 Å². The van der Waals surface area contributed by atoms with Gasteiger partial charge in [0.25, 0.3) is 5.91 Å². The zero-order valence-corrected chi connectivity index (χ0v) is 27.5. The van der Waals surface area contributed by atoms with Crippen molar-refractivity contribution in [3.63, 3.8) is 0 Å². The molecule has 2 fully saturated rings. The van der Waals surface area contributed by atoms with Crippen molar-refractivity contribution >= 4 is 31.6 Å². The van der Waals surface area contributed by atoms with Crippen molar-refractivity contribution in [2.24, 2.45) is 5.92 Å². The number of aliphatic hydroxyl groups is 1. The summed E-state index contributed by atoms with van der Waals surface area (Å²) in [6, 6.07) is 15.7. The number of nitrogens with zero attached hydrogens (tertiary/aromatic N) is 5. The minimum atomic E-state index is -3.29. The van der Waals surface area contributed by atoms with Crippen LogP contribution < -0.4 is 9.80 Å². The number of benzene rings is 2. The Balaban J connectivity index is 1.29. The normalized spacial score (nSPS) is 25.6. The Hall–Kier alpha value is -3.41. The lowest BCUT2D eigenvalue weighted by atomic mass is 9.82. The highest BCUT2D eigenvalue weighted by atomic mass is 28.4. The van der Waals surface area contributed by atoms with Crippen molar-refractivity contribution in [2.45, 2.75) is 95.3 Å². The molecule has 0 radical (unpaired) electrons. The van der Waals surface area contributed by atoms with Gasteiger partial charge in [-0.3, -0.25) is 14.3 Å². The van der Waals surface area contributed by atoms with Crippen molar-refractivity contribution in [1.29, 1.82) is 0 Å². The first-order valence-corrected chi connectivity index (χ1v) is 19.3. The molecule has 0 bridgehead atoms. The van der Waals surface area contributed by atoms with Gasteiger partial charge in [0, 0.05) is 61.4 Å². The highest BCUT2D eigenvalue weighted by Gasteiger charge is 2.66. The first kappa shape index (κ1) is 31.6. The van der Waals surface area contributed by atoms with Crippen LogP contribution >= 0.6 is 0 Å². The van der Waals surface area contributed by atoms with Crippen molar-refractivity contribution in [2.75, 3.05) is 23.0 Å². The zero-order valence-electron chi connectivity index (χ0n) is 26.5. The molecule has 2 aromatic carbocycles. The molecule has 1 aromatic heterocycles. The summed E-state index contributed by atoms with van der Waals surface area (Å²) in [6.45, 7) is 6.87. The van der Waals surface area contributed by atoms with Crippen molar-refractivity contribution in [1.82, 2.24) is 15.0 Å². The largest absolute Gasteiger partial charge is 0.396 e. The van der Waals surface area contributed by atoms with E-state index in [0.717, 1.165) is 48.2 Å². The van der Waals surface area contributed by atoms with Crippen LogP contribution in [0.2, 0.25) is 18.6 Å². The topological polar surface area (TPSA) is 101 Å². The monoisotopic (exact) mass is 633 g/mol. The number of ether oxygens (including phenoxy) is 1. The van der Waals surface area contributed by atoms with Crippen LogP contribution in [0.4, 0.5) is 15.5 Å². The summed E-state index contributed by atoms with van der Waals surface area (Å²) < 4.78 is 24.7. The predicted molar refractivity (Wildman–Crippen MR) is 173 cm³/mol. The van der Waals surface area contributed by atoms with E-state index in [1.807, 2.05) is 60.4 Å². The molecule has 3 aliphatic heterocycles. The first-order valence-electron chi connectivity index (χ1n) is 16.3. The summed E-state index contributed by atoms with van der Waals surface area (Å²) in [5.74, 6) is -0.397. The number of para-hydroxylation sites is 1. The van der Waals surface area contributed by atoms with Crippen LogP contribution in [0.25, 0.3) is 0 Å². The molecule has 45 heavy (non-hydrogen) atoms. The average molecular weight is 634 g/mol. The number of hydrogen-bond acceptors (Lipinski definition) is 6. The minimum absolute atomic E-state index is 0.00707. The number of rotatable bonds is 9. The zero-order chi connectivity index (χ0) is 31.8. The molecule has 6 rings (SSSR count). The van der Waals surface area contributed by atoms with E-state index in [0.29, 0.717) is 44.6 Å². The molecule has 3 aromatic rings. The molecule has 240 valence electrons. The Morgan fingerprint density at radius 3 is 2.69 bits per heavy atom. The molecule has 2 saturated heterocycles. The molecule has 2 amide bonds. The number of amides is 2. The number of hydrogen-bond donors (Lipinski definition) is 1. The molecule has 0 saturated carbocycles. The number of aliphatic hydroxyl groups excluding tert-OH is 1. The van der Waals surface area contributed by atoms with Gasteiger partial charge in [-0.1, -0.05) is 55.3 Å². The van der Waals surface area contributed by atoms with Gasteiger partial charge in [-0.15, -0.1) is 5.10 Å². The van der Waals surface area contributed by atoms with Gasteiger partial charge in [0.05, 0.1) is 24.0 Å². The Kier molecular flexibility index (Phi) is 8.95. The van der Waals surface area contributed by atoms with E-state index < -0.39 is 25.7 Å². The summed E-state index contributed by atoms with van der Waals surface area (Å²) in [5, 5.41) is 17.5. The maximum Gasteiger partial charge on any atom is 0.264 e. The predicted octanol–water partition coefficient (Wildman–Crippen LogP) is 5.52. The number of aryl methyl sites for hydroxylation is 1. The van der Waals surface area contributed by atoms with Gasteiger partial charge in [-0.25, -0.2) is 0 Å². The highest BCUT2D eigenvalue weighted by Crippen LogP contribution is 2.60. The summed E-state index contributed by atoms with van der Waals surface area (Å²) in [5.41, 5.74) is 2.35. The van der Waals surface area contributed by atoms with Gasteiger partial charge in [0.1, 0.15) is 0 Å². The van der Waals surface area contributed by atoms with Gasteiger partial charge < -0.3 is 23.8 Å². The number of fused-ring (bicyclic) bond motifs is 2. The van der Waals surface area contributed by atoms with E-state index in [4.69, 9.17) is 4.74 Å². The number of aromatic nitrogens is 3. The van der Waals surface area contributed by atoms with Gasteiger partial charge >= 0.3 is 0 Å². The fraction of sp³-hybridized carbons (Fsp3) is 0.529. The van der Waals surface area contributed by atoms with E-state index >= 15 is 4.11 Å². The molecule has 3 aliphatic rings. The molecular weight excluding hydrogens is 589 g/mol. The maximum atomic E-state index is 16.2. The molecule has 4 atom stereocenters. The third-order valence-corrected chi connectivity index (χ3v) is 12.3. The summed E-state index contributed by atoms with van der Waals surface area (Å²) >= 11 is 0. The molecule has 9 nitrogen and oxygen atoms in total. The second-order valence-corrected chi connectivity index (χ2v) is 17.1. The molecule has 11 heteroatoms. The lowest BCUT2D eigenvalue weighted by molar-refractivity contribution is -0.146. The molecule has 1 N–H and O–H groups in total. The maximum absolute atomic E-state index is 16.2. The van der Waals surface area contributed by atoms with Crippen molar-refractivity contribution in [3.8, 4) is 0 Å². The number of halogens is 1. The van der Waals surface area contributed by atoms with E-state index in [1.165, 1.54) is 0 Å². The Morgan fingerprint density at radius 2 is 1.89 bits per heavy atom. The molecule has 4 heterocycles. The van der Waals surface area contributed by atoms with Gasteiger partial charge in [0.2, 0.25) is 14.3 Å². The van der Waals surface area contributed by atoms with Gasteiger partial charge in [-0.05, 0) is 56.1 Å². The van der Waals surface area contributed by atoms with Gasteiger partial charge in [-0.2, -0.15) is 0 Å². The second kappa shape index (κ2) is 12.8. The third kappa shape index (κ3) is 5.97. The quantitative estimate of drug-likeness (QED) is 0.246. The highest BCUT2D eigenvalue weighted by molar-refractivity contribution is 6.72. The fourth-order valence-electron chi connectivity index (χ4n) is 7.80. The minimum Gasteiger partial charge on any atom is -0.396 e. The fourth-order valence-corrected chi connectivity index (χ4v) is 10.3. The van der Waals surface area contributed by atoms with E-state index in [-0.39, 0.29) is 24.3 Å². The van der Waals surface area contributed by atoms with Crippen LogP contribution in [0, 0.1) is 5.92 Å². The molecular formula is C34H44FN5O4Si. The van der Waals surface area contributed by atoms with Crippen LogP contribution in [0.15, 0.2) is 54.7 Å². The smallest absolute Gasteiger partial charge is 0.264 e. The Bertz CT molecular complexity index is 1540. The van der Waals surface area contributed by atoms with E-state index in [9.17, 15) is 14.7 Å². The van der Waals surface area contributed by atoms with E-state index in [1.54, 1.807) is 28.9 Å². The van der Waals surface area contributed by atoms with Crippen molar-refractivity contribution < 1.29 is 23.5 Å². The van der Waals surface area contributed by atoms with Crippen LogP contribution in [0.1, 0.15) is 62.3 Å². The number of carbonyl (C=O) groups is 2. The van der Waals surface area contributed by atoms with Crippen LogP contribution in [-0.2, 0) is 39.4 Å².